The van der Waals surface area contributed by atoms with Gasteiger partial charge in [0.05, 0.1) is 6.54 Å². The number of nitriles is 1. The van der Waals surface area contributed by atoms with Gasteiger partial charge in [0.15, 0.2) is 0 Å². The molecule has 0 bridgehead atoms. The first-order valence-electron chi connectivity index (χ1n) is 5.24. The molecule has 2 heterocycles. The quantitative estimate of drug-likeness (QED) is 0.734. The molecule has 90 valence electrons. The Bertz CT molecular complexity index is 737. The fourth-order valence-corrected chi connectivity index (χ4v) is 1.60. The Morgan fingerprint density at radius 3 is 2.89 bits per heavy atom. The van der Waals surface area contributed by atoms with Crippen LogP contribution in [0.3, 0.4) is 0 Å². The van der Waals surface area contributed by atoms with Crippen LogP contribution in [0.25, 0.3) is 0 Å². The molecule has 2 aromatic heterocycles. The average Bonchev–Trinajstić information content (AvgIpc) is 2.39. The monoisotopic (exact) mass is 242 g/mol. The molecule has 0 amide bonds. The summed E-state index contributed by atoms with van der Waals surface area (Å²) >= 11 is 0. The van der Waals surface area contributed by atoms with Crippen molar-refractivity contribution in [1.82, 2.24) is 14.1 Å². The van der Waals surface area contributed by atoms with Gasteiger partial charge in [-0.15, -0.1) is 0 Å². The molecule has 6 heteroatoms. The maximum absolute atomic E-state index is 11.8. The van der Waals surface area contributed by atoms with Crippen molar-refractivity contribution < 1.29 is 0 Å². The second kappa shape index (κ2) is 4.67. The molecule has 2 aromatic rings. The average molecular weight is 242 g/mol. The largest absolute Gasteiger partial charge is 0.331 e. The van der Waals surface area contributed by atoms with E-state index >= 15 is 0 Å². The number of nitrogens with zero attached hydrogens (tertiary/aromatic N) is 4. The molecule has 0 saturated heterocycles. The lowest BCUT2D eigenvalue weighted by molar-refractivity contribution is 0.637. The third-order valence-electron chi connectivity index (χ3n) is 2.57. The number of aryl methyl sites for hydroxylation is 1. The van der Waals surface area contributed by atoms with E-state index in [-0.39, 0.29) is 12.2 Å². The topological polar surface area (TPSA) is 80.7 Å². The van der Waals surface area contributed by atoms with Crippen LogP contribution < -0.4 is 11.2 Å². The zero-order valence-corrected chi connectivity index (χ0v) is 9.70. The molecule has 0 unspecified atom stereocenters. The second-order valence-electron chi connectivity index (χ2n) is 3.76. The molecular formula is C12H10N4O2. The van der Waals surface area contributed by atoms with Gasteiger partial charge in [0.2, 0.25) is 0 Å². The van der Waals surface area contributed by atoms with Crippen molar-refractivity contribution in [2.24, 2.45) is 7.05 Å². The molecule has 0 fully saturated rings. The Kier molecular flexibility index (Phi) is 3.06. The number of hydrogen-bond acceptors (Lipinski definition) is 4. The van der Waals surface area contributed by atoms with Crippen LogP contribution in [0.5, 0.6) is 0 Å². The van der Waals surface area contributed by atoms with E-state index in [2.05, 4.69) is 4.98 Å². The Morgan fingerprint density at radius 2 is 2.17 bits per heavy atom. The number of pyridine rings is 1. The highest BCUT2D eigenvalue weighted by Gasteiger charge is 2.07. The predicted octanol–water partition coefficient (Wildman–Crippen LogP) is -0.138. The summed E-state index contributed by atoms with van der Waals surface area (Å²) in [7, 11) is 1.56. The maximum atomic E-state index is 11.8. The third kappa shape index (κ3) is 2.06. The predicted molar refractivity (Wildman–Crippen MR) is 64.0 cm³/mol. The smallest absolute Gasteiger partial charge is 0.303 e. The first-order chi connectivity index (χ1) is 8.63. The molecule has 0 saturated carbocycles. The summed E-state index contributed by atoms with van der Waals surface area (Å²) in [4.78, 5) is 27.3. The van der Waals surface area contributed by atoms with Gasteiger partial charge in [-0.05, 0) is 6.07 Å². The zero-order valence-electron chi connectivity index (χ0n) is 9.70. The number of hydrogen-bond donors (Lipinski definition) is 0. The van der Waals surface area contributed by atoms with Crippen molar-refractivity contribution in [1.29, 1.82) is 5.26 Å². The van der Waals surface area contributed by atoms with Crippen LogP contribution in [0.2, 0.25) is 0 Å². The molecule has 0 aliphatic carbocycles. The summed E-state index contributed by atoms with van der Waals surface area (Å²) in [5.74, 6) is 0. The Hall–Kier alpha value is -2.68. The number of aromatic nitrogens is 3. The van der Waals surface area contributed by atoms with E-state index in [1.165, 1.54) is 23.0 Å². The van der Waals surface area contributed by atoms with Gasteiger partial charge in [0, 0.05) is 31.1 Å². The summed E-state index contributed by atoms with van der Waals surface area (Å²) in [5.41, 5.74) is -0.0539. The molecule has 0 N–H and O–H groups in total. The molecule has 6 nitrogen and oxygen atoms in total. The lowest BCUT2D eigenvalue weighted by atomic mass is 10.2. The minimum atomic E-state index is -0.421. The normalized spacial score (nSPS) is 10.0. The molecule has 0 atom stereocenters. The summed E-state index contributed by atoms with van der Waals surface area (Å²) in [6.07, 6.45) is 2.91. The fourth-order valence-electron chi connectivity index (χ4n) is 1.60. The molecular weight excluding hydrogens is 232 g/mol. The Balaban J connectivity index is 2.54. The first kappa shape index (κ1) is 11.8. The lowest BCUT2D eigenvalue weighted by Gasteiger charge is -2.07. The van der Waals surface area contributed by atoms with Crippen LogP contribution in [0.4, 0.5) is 0 Å². The van der Waals surface area contributed by atoms with E-state index in [0.717, 1.165) is 4.57 Å². The van der Waals surface area contributed by atoms with Gasteiger partial charge in [-0.25, -0.2) is 9.78 Å². The van der Waals surface area contributed by atoms with Gasteiger partial charge in [0.1, 0.15) is 11.8 Å². The van der Waals surface area contributed by atoms with E-state index in [9.17, 15) is 9.59 Å². The van der Waals surface area contributed by atoms with E-state index in [4.69, 9.17) is 5.26 Å². The van der Waals surface area contributed by atoms with Crippen LogP contribution in [0, 0.1) is 11.3 Å². The standard InChI is InChI=1S/C12H10N4O2/c1-15-6-4-11(17)16(12(15)18)8-9-3-2-5-14-10(9)7-13/h2-6H,8H2,1H3. The van der Waals surface area contributed by atoms with Gasteiger partial charge in [0.25, 0.3) is 5.56 Å². The molecule has 18 heavy (non-hydrogen) atoms. The van der Waals surface area contributed by atoms with Crippen LogP contribution in [0.15, 0.2) is 40.2 Å². The van der Waals surface area contributed by atoms with Crippen molar-refractivity contribution in [3.8, 4) is 6.07 Å². The zero-order chi connectivity index (χ0) is 13.1. The molecule has 0 aromatic carbocycles. The highest BCUT2D eigenvalue weighted by atomic mass is 16.2. The highest BCUT2D eigenvalue weighted by molar-refractivity contribution is 5.30. The highest BCUT2D eigenvalue weighted by Crippen LogP contribution is 2.04. The summed E-state index contributed by atoms with van der Waals surface area (Å²) in [6.45, 7) is 0.0447. The molecule has 2 rings (SSSR count). The molecule has 0 aliphatic heterocycles. The lowest BCUT2D eigenvalue weighted by Crippen LogP contribution is -2.38. The van der Waals surface area contributed by atoms with Crippen molar-refractivity contribution in [2.45, 2.75) is 6.54 Å². The summed E-state index contributed by atoms with van der Waals surface area (Å²) < 4.78 is 2.38. The second-order valence-corrected chi connectivity index (χ2v) is 3.76. The summed E-state index contributed by atoms with van der Waals surface area (Å²) in [6, 6.07) is 6.58. The van der Waals surface area contributed by atoms with Crippen LogP contribution in [-0.4, -0.2) is 14.1 Å². The van der Waals surface area contributed by atoms with E-state index in [0.29, 0.717) is 5.56 Å². The van der Waals surface area contributed by atoms with Crippen molar-refractivity contribution >= 4 is 0 Å². The van der Waals surface area contributed by atoms with Crippen molar-refractivity contribution in [3.63, 3.8) is 0 Å². The minimum Gasteiger partial charge on any atom is -0.303 e. The van der Waals surface area contributed by atoms with E-state index in [1.54, 1.807) is 19.2 Å². The van der Waals surface area contributed by atoms with Gasteiger partial charge >= 0.3 is 5.69 Å². The third-order valence-corrected chi connectivity index (χ3v) is 2.57. The summed E-state index contributed by atoms with van der Waals surface area (Å²) in [5, 5.41) is 8.91. The number of rotatable bonds is 2. The Labute approximate surface area is 102 Å². The molecule has 0 radical (unpaired) electrons. The molecule has 0 aliphatic rings. The van der Waals surface area contributed by atoms with E-state index < -0.39 is 11.2 Å². The minimum absolute atomic E-state index is 0.0447. The van der Waals surface area contributed by atoms with E-state index in [1.807, 2.05) is 6.07 Å². The van der Waals surface area contributed by atoms with Gasteiger partial charge < -0.3 is 4.57 Å². The van der Waals surface area contributed by atoms with Crippen molar-refractivity contribution in [3.05, 3.63) is 62.7 Å². The van der Waals surface area contributed by atoms with Crippen LogP contribution in [0.1, 0.15) is 11.3 Å². The van der Waals surface area contributed by atoms with Gasteiger partial charge in [-0.1, -0.05) is 6.07 Å². The fraction of sp³-hybridized carbons (Fsp3) is 0.167. The van der Waals surface area contributed by atoms with Gasteiger partial charge in [-0.3, -0.25) is 9.36 Å². The first-order valence-corrected chi connectivity index (χ1v) is 5.24. The van der Waals surface area contributed by atoms with Crippen LogP contribution >= 0.6 is 0 Å². The van der Waals surface area contributed by atoms with Gasteiger partial charge in [-0.2, -0.15) is 5.26 Å². The van der Waals surface area contributed by atoms with Crippen molar-refractivity contribution in [2.75, 3.05) is 0 Å². The Morgan fingerprint density at radius 1 is 1.39 bits per heavy atom. The van der Waals surface area contributed by atoms with Crippen LogP contribution in [-0.2, 0) is 13.6 Å². The molecule has 0 spiro atoms. The SMILES string of the molecule is Cn1ccc(=O)n(Cc2cccnc2C#N)c1=O. The maximum Gasteiger partial charge on any atom is 0.331 e.